The first-order valence-electron chi connectivity index (χ1n) is 6.38. The minimum absolute atomic E-state index is 0.303. The predicted molar refractivity (Wildman–Crippen MR) is 74.4 cm³/mol. The first-order valence-corrected chi connectivity index (χ1v) is 6.38. The van der Waals surface area contributed by atoms with Crippen LogP contribution in [0.3, 0.4) is 0 Å². The molecule has 0 radical (unpaired) electrons. The molecule has 0 fully saturated rings. The highest BCUT2D eigenvalue weighted by Gasteiger charge is 2.10. The Hall–Kier alpha value is -1.31. The zero-order chi connectivity index (χ0) is 13.8. The maximum atomic E-state index is 10.6. The monoisotopic (exact) mass is 238 g/mol. The van der Waals surface area contributed by atoms with Gasteiger partial charge >= 0.3 is 5.97 Å². The second-order valence-electron chi connectivity index (χ2n) is 3.43. The van der Waals surface area contributed by atoms with E-state index in [-0.39, 0.29) is 5.92 Å². The summed E-state index contributed by atoms with van der Waals surface area (Å²) < 4.78 is 0. The molecule has 0 spiro atoms. The van der Waals surface area contributed by atoms with Crippen molar-refractivity contribution in [2.75, 3.05) is 0 Å². The molecule has 0 saturated heterocycles. The predicted octanol–water partition coefficient (Wildman–Crippen LogP) is 4.31. The highest BCUT2D eigenvalue weighted by atomic mass is 16.4. The molecule has 0 aliphatic carbocycles. The lowest BCUT2D eigenvalue weighted by molar-refractivity contribution is -0.141. The van der Waals surface area contributed by atoms with Crippen LogP contribution in [-0.4, -0.2) is 11.1 Å². The normalized spacial score (nSPS) is 10.2. The van der Waals surface area contributed by atoms with Crippen molar-refractivity contribution in [2.24, 2.45) is 5.92 Å². The van der Waals surface area contributed by atoms with Gasteiger partial charge in [0.2, 0.25) is 0 Å². The van der Waals surface area contributed by atoms with Crippen molar-refractivity contribution in [3.63, 3.8) is 0 Å². The van der Waals surface area contributed by atoms with Crippen LogP contribution in [-0.2, 0) is 11.2 Å². The van der Waals surface area contributed by atoms with Crippen LogP contribution in [0.1, 0.15) is 45.7 Å². The summed E-state index contributed by atoms with van der Waals surface area (Å²) in [6.07, 6.45) is 0.607. The van der Waals surface area contributed by atoms with Gasteiger partial charge in [-0.05, 0) is 18.9 Å². The van der Waals surface area contributed by atoms with Crippen LogP contribution in [0.5, 0.6) is 0 Å². The molecule has 2 heteroatoms. The first-order chi connectivity index (χ1) is 8.09. The van der Waals surface area contributed by atoms with E-state index in [2.05, 4.69) is 0 Å². The van der Waals surface area contributed by atoms with Crippen LogP contribution in [0.15, 0.2) is 24.3 Å². The number of carboxylic acids is 1. The molecular formula is C15H26O2. The molecular weight excluding hydrogens is 212 g/mol. The zero-order valence-electron chi connectivity index (χ0n) is 11.9. The third-order valence-corrected chi connectivity index (χ3v) is 2.08. The van der Waals surface area contributed by atoms with Crippen molar-refractivity contribution in [3.8, 4) is 0 Å². The number of hydrogen-bond donors (Lipinski definition) is 1. The molecule has 2 nitrogen and oxygen atoms in total. The second-order valence-corrected chi connectivity index (χ2v) is 3.43. The molecule has 0 aliphatic heterocycles. The molecule has 0 heterocycles. The van der Waals surface area contributed by atoms with E-state index in [4.69, 9.17) is 5.11 Å². The third-order valence-electron chi connectivity index (χ3n) is 2.08. The Kier molecular flexibility index (Phi) is 11.9. The zero-order valence-corrected chi connectivity index (χ0v) is 11.9. The summed E-state index contributed by atoms with van der Waals surface area (Å²) in [5.74, 6) is -1.04. The molecule has 1 atom stereocenters. The van der Waals surface area contributed by atoms with E-state index < -0.39 is 5.97 Å². The van der Waals surface area contributed by atoms with Crippen molar-refractivity contribution >= 4 is 5.97 Å². The van der Waals surface area contributed by atoms with Gasteiger partial charge in [-0.2, -0.15) is 0 Å². The molecule has 0 saturated carbocycles. The summed E-state index contributed by atoms with van der Waals surface area (Å²) in [7, 11) is 0. The maximum Gasteiger partial charge on any atom is 0.306 e. The molecule has 0 bridgehead atoms. The average molecular weight is 238 g/mol. The molecule has 1 aromatic carbocycles. The Morgan fingerprint density at radius 1 is 1.12 bits per heavy atom. The van der Waals surface area contributed by atoms with Gasteiger partial charge in [0, 0.05) is 0 Å². The van der Waals surface area contributed by atoms with Crippen molar-refractivity contribution < 1.29 is 9.90 Å². The number of carbonyl (C=O) groups is 1. The molecule has 0 aromatic heterocycles. The molecule has 1 unspecified atom stereocenters. The number of benzene rings is 1. The highest BCUT2D eigenvalue weighted by molar-refractivity contribution is 5.69. The van der Waals surface area contributed by atoms with Gasteiger partial charge in [-0.1, -0.05) is 64.4 Å². The third kappa shape index (κ3) is 8.49. The summed E-state index contributed by atoms with van der Waals surface area (Å²) in [6, 6.07) is 7.97. The smallest absolute Gasteiger partial charge is 0.306 e. The standard InChI is InChI=1S/C11H14O2.2C2H6/c1-8-3-5-10(6-4-8)7-9(2)11(12)13;2*1-2/h3-6,9H,7H2,1-2H3,(H,12,13);2*1-2H3. The fourth-order valence-corrected chi connectivity index (χ4v) is 1.17. The van der Waals surface area contributed by atoms with Gasteiger partial charge in [0.25, 0.3) is 0 Å². The lowest BCUT2D eigenvalue weighted by Crippen LogP contribution is -2.12. The van der Waals surface area contributed by atoms with E-state index in [1.165, 1.54) is 5.56 Å². The Morgan fingerprint density at radius 2 is 1.53 bits per heavy atom. The summed E-state index contributed by atoms with van der Waals surface area (Å²) >= 11 is 0. The van der Waals surface area contributed by atoms with Crippen molar-refractivity contribution in [1.82, 2.24) is 0 Å². The van der Waals surface area contributed by atoms with Gasteiger partial charge in [-0.15, -0.1) is 0 Å². The van der Waals surface area contributed by atoms with Crippen molar-refractivity contribution in [1.29, 1.82) is 0 Å². The van der Waals surface area contributed by atoms with E-state index in [9.17, 15) is 4.79 Å². The van der Waals surface area contributed by atoms with E-state index in [1.54, 1.807) is 6.92 Å². The number of aliphatic carboxylic acids is 1. The van der Waals surface area contributed by atoms with Crippen LogP contribution < -0.4 is 0 Å². The Morgan fingerprint density at radius 3 is 1.88 bits per heavy atom. The minimum atomic E-state index is -0.736. The quantitative estimate of drug-likeness (QED) is 0.852. The topological polar surface area (TPSA) is 37.3 Å². The van der Waals surface area contributed by atoms with Crippen LogP contribution >= 0.6 is 0 Å². The molecule has 0 amide bonds. The van der Waals surface area contributed by atoms with Crippen molar-refractivity contribution in [3.05, 3.63) is 35.4 Å². The fourth-order valence-electron chi connectivity index (χ4n) is 1.17. The van der Waals surface area contributed by atoms with E-state index in [0.29, 0.717) is 6.42 Å². The van der Waals surface area contributed by atoms with Crippen LogP contribution in [0.4, 0.5) is 0 Å². The minimum Gasteiger partial charge on any atom is -0.481 e. The summed E-state index contributed by atoms with van der Waals surface area (Å²) in [6.45, 7) is 11.7. The van der Waals surface area contributed by atoms with Gasteiger partial charge in [0.05, 0.1) is 5.92 Å². The van der Waals surface area contributed by atoms with Crippen LogP contribution in [0.2, 0.25) is 0 Å². The number of carboxylic acid groups (broad SMARTS) is 1. The Balaban J connectivity index is 0. The Bertz CT molecular complexity index is 288. The van der Waals surface area contributed by atoms with Crippen LogP contribution in [0.25, 0.3) is 0 Å². The van der Waals surface area contributed by atoms with Gasteiger partial charge in [0.15, 0.2) is 0 Å². The summed E-state index contributed by atoms with van der Waals surface area (Å²) in [5.41, 5.74) is 2.28. The largest absolute Gasteiger partial charge is 0.481 e. The van der Waals surface area contributed by atoms with E-state index in [1.807, 2.05) is 58.9 Å². The molecule has 1 aromatic rings. The fraction of sp³-hybridized carbons (Fsp3) is 0.533. The molecule has 1 rings (SSSR count). The van der Waals surface area contributed by atoms with Gasteiger partial charge in [0.1, 0.15) is 0 Å². The van der Waals surface area contributed by atoms with Gasteiger partial charge in [-0.25, -0.2) is 0 Å². The second kappa shape index (κ2) is 11.2. The lowest BCUT2D eigenvalue weighted by Gasteiger charge is -2.05. The maximum absolute atomic E-state index is 10.6. The average Bonchev–Trinajstić information content (AvgIpc) is 2.37. The highest BCUT2D eigenvalue weighted by Crippen LogP contribution is 2.09. The molecule has 98 valence electrons. The lowest BCUT2D eigenvalue weighted by atomic mass is 10.0. The molecule has 1 N–H and O–H groups in total. The number of rotatable bonds is 3. The van der Waals surface area contributed by atoms with Gasteiger partial charge < -0.3 is 5.11 Å². The SMILES string of the molecule is CC.CC.Cc1ccc(CC(C)C(=O)O)cc1. The van der Waals surface area contributed by atoms with Crippen LogP contribution in [0, 0.1) is 12.8 Å². The molecule has 17 heavy (non-hydrogen) atoms. The number of hydrogen-bond acceptors (Lipinski definition) is 1. The summed E-state index contributed by atoms with van der Waals surface area (Å²) in [5, 5.41) is 8.70. The summed E-state index contributed by atoms with van der Waals surface area (Å²) in [4.78, 5) is 10.6. The molecule has 0 aliphatic rings. The van der Waals surface area contributed by atoms with E-state index in [0.717, 1.165) is 5.56 Å². The van der Waals surface area contributed by atoms with Gasteiger partial charge in [-0.3, -0.25) is 4.79 Å². The number of aryl methyl sites for hydroxylation is 1. The van der Waals surface area contributed by atoms with E-state index >= 15 is 0 Å². The van der Waals surface area contributed by atoms with Crippen molar-refractivity contribution in [2.45, 2.75) is 48.0 Å². The Labute approximate surface area is 106 Å². The first kappa shape index (κ1) is 18.1.